The normalized spacial score (nSPS) is 12.5. The van der Waals surface area contributed by atoms with Gasteiger partial charge in [-0.3, -0.25) is 14.9 Å². The molecule has 2 rings (SSSR count). The number of non-ortho nitro benzene ring substituents is 1. The van der Waals surface area contributed by atoms with Crippen molar-refractivity contribution in [3.8, 4) is 0 Å². The number of hydrogen-bond acceptors (Lipinski definition) is 5. The van der Waals surface area contributed by atoms with Crippen LogP contribution in [0.2, 0.25) is 0 Å². The Kier molecular flexibility index (Phi) is 2.92. The van der Waals surface area contributed by atoms with Gasteiger partial charge in [0.25, 0.3) is 5.69 Å². The van der Waals surface area contributed by atoms with Crippen molar-refractivity contribution in [2.45, 2.75) is 19.4 Å². The molecule has 0 saturated heterocycles. The average molecular weight is 250 g/mol. The molecule has 2 aromatic rings. The van der Waals surface area contributed by atoms with Crippen LogP contribution in [0.1, 0.15) is 19.4 Å². The van der Waals surface area contributed by atoms with Crippen molar-refractivity contribution < 1.29 is 14.8 Å². The molecule has 94 valence electrons. The number of nitro groups is 1. The average Bonchev–Trinajstić information content (AvgIpc) is 2.70. The molecule has 18 heavy (non-hydrogen) atoms. The molecule has 1 aromatic carbocycles. The maximum atomic E-state index is 10.7. The summed E-state index contributed by atoms with van der Waals surface area (Å²) in [6.07, 6.45) is -0.124. The molecule has 0 amide bonds. The standard InChI is InChI=1S/C10H10N4O4/c1-6(4-10(15)16)13-9-5-7(14(17)18)2-3-8(9)11-12-13/h2-3,5-6H,4H2,1H3,(H,15,16). The largest absolute Gasteiger partial charge is 0.481 e. The Morgan fingerprint density at radius 3 is 2.94 bits per heavy atom. The minimum atomic E-state index is -0.961. The first-order chi connectivity index (χ1) is 8.49. The number of carboxylic acid groups (broad SMARTS) is 1. The molecule has 0 fully saturated rings. The Labute approximate surface area is 101 Å². The van der Waals surface area contributed by atoms with Gasteiger partial charge in [0.1, 0.15) is 5.52 Å². The molecule has 0 bridgehead atoms. The van der Waals surface area contributed by atoms with Crippen LogP contribution in [0.4, 0.5) is 5.69 Å². The lowest BCUT2D eigenvalue weighted by atomic mass is 10.2. The van der Waals surface area contributed by atoms with Crippen LogP contribution in [-0.4, -0.2) is 31.0 Å². The first kappa shape index (κ1) is 12.0. The predicted molar refractivity (Wildman–Crippen MR) is 61.1 cm³/mol. The van der Waals surface area contributed by atoms with Crippen LogP contribution in [-0.2, 0) is 4.79 Å². The number of nitro benzene ring substituents is 1. The Bertz CT molecular complexity index is 621. The molecular weight excluding hydrogens is 240 g/mol. The molecular formula is C10H10N4O4. The second kappa shape index (κ2) is 4.40. The van der Waals surface area contributed by atoms with Crippen LogP contribution in [0.25, 0.3) is 11.0 Å². The Morgan fingerprint density at radius 2 is 2.33 bits per heavy atom. The molecule has 0 spiro atoms. The quantitative estimate of drug-likeness (QED) is 0.648. The van der Waals surface area contributed by atoms with E-state index in [4.69, 9.17) is 5.11 Å². The van der Waals surface area contributed by atoms with Gasteiger partial charge in [-0.15, -0.1) is 5.10 Å². The number of benzene rings is 1. The van der Waals surface area contributed by atoms with Crippen LogP contribution in [0.3, 0.4) is 0 Å². The smallest absolute Gasteiger partial charge is 0.305 e. The summed E-state index contributed by atoms with van der Waals surface area (Å²) in [5.41, 5.74) is 0.879. The van der Waals surface area contributed by atoms with Crippen molar-refractivity contribution in [2.75, 3.05) is 0 Å². The Balaban J connectivity index is 2.48. The van der Waals surface area contributed by atoms with Crippen LogP contribution in [0.5, 0.6) is 0 Å². The fourth-order valence-electron chi connectivity index (χ4n) is 1.70. The minimum Gasteiger partial charge on any atom is -0.481 e. The van der Waals surface area contributed by atoms with Crippen LogP contribution in [0.15, 0.2) is 18.2 Å². The predicted octanol–water partition coefficient (Wildman–Crippen LogP) is 1.38. The van der Waals surface area contributed by atoms with E-state index in [9.17, 15) is 14.9 Å². The second-order valence-corrected chi connectivity index (χ2v) is 3.91. The number of hydrogen-bond donors (Lipinski definition) is 1. The zero-order valence-corrected chi connectivity index (χ0v) is 9.48. The lowest BCUT2D eigenvalue weighted by Gasteiger charge is -2.09. The van der Waals surface area contributed by atoms with Crippen LogP contribution < -0.4 is 0 Å². The van der Waals surface area contributed by atoms with E-state index in [0.29, 0.717) is 11.0 Å². The van der Waals surface area contributed by atoms with Crippen molar-refractivity contribution in [3.63, 3.8) is 0 Å². The number of nitrogens with zero attached hydrogens (tertiary/aromatic N) is 4. The lowest BCUT2D eigenvalue weighted by Crippen LogP contribution is -2.11. The summed E-state index contributed by atoms with van der Waals surface area (Å²) in [7, 11) is 0. The topological polar surface area (TPSA) is 111 Å². The number of aliphatic carboxylic acids is 1. The number of carboxylic acids is 1. The van der Waals surface area contributed by atoms with Gasteiger partial charge >= 0.3 is 5.97 Å². The summed E-state index contributed by atoms with van der Waals surface area (Å²) in [6, 6.07) is 3.75. The molecule has 1 atom stereocenters. The maximum Gasteiger partial charge on any atom is 0.305 e. The lowest BCUT2D eigenvalue weighted by molar-refractivity contribution is -0.384. The Morgan fingerprint density at radius 1 is 1.61 bits per heavy atom. The molecule has 8 heteroatoms. The second-order valence-electron chi connectivity index (χ2n) is 3.91. The summed E-state index contributed by atoms with van der Waals surface area (Å²) in [5, 5.41) is 27.1. The number of rotatable bonds is 4. The van der Waals surface area contributed by atoms with E-state index in [1.165, 1.54) is 22.9 Å². The van der Waals surface area contributed by atoms with Gasteiger partial charge in [0.2, 0.25) is 0 Å². The first-order valence-electron chi connectivity index (χ1n) is 5.20. The monoisotopic (exact) mass is 250 g/mol. The molecule has 0 aliphatic rings. The molecule has 1 heterocycles. The molecule has 0 radical (unpaired) electrons. The fraction of sp³-hybridized carbons (Fsp3) is 0.300. The zero-order valence-electron chi connectivity index (χ0n) is 9.48. The van der Waals surface area contributed by atoms with Crippen molar-refractivity contribution in [1.82, 2.24) is 15.0 Å². The number of carbonyl (C=O) groups is 1. The first-order valence-corrected chi connectivity index (χ1v) is 5.20. The SMILES string of the molecule is CC(CC(=O)O)n1nnc2ccc([N+](=O)[O-])cc21. The van der Waals surface area contributed by atoms with E-state index >= 15 is 0 Å². The van der Waals surface area contributed by atoms with Crippen molar-refractivity contribution >= 4 is 22.7 Å². The molecule has 1 unspecified atom stereocenters. The van der Waals surface area contributed by atoms with Gasteiger partial charge in [0, 0.05) is 12.1 Å². The minimum absolute atomic E-state index is 0.0754. The van der Waals surface area contributed by atoms with Gasteiger partial charge in [-0.25, -0.2) is 4.68 Å². The highest BCUT2D eigenvalue weighted by molar-refractivity contribution is 5.77. The molecule has 0 saturated carbocycles. The van der Waals surface area contributed by atoms with Gasteiger partial charge in [-0.05, 0) is 13.0 Å². The molecule has 0 aliphatic carbocycles. The summed E-state index contributed by atoms with van der Waals surface area (Å²) in [6.45, 7) is 1.67. The third kappa shape index (κ3) is 2.12. The highest BCUT2D eigenvalue weighted by Crippen LogP contribution is 2.22. The van der Waals surface area contributed by atoms with E-state index in [1.54, 1.807) is 6.92 Å². The van der Waals surface area contributed by atoms with Crippen molar-refractivity contribution in [1.29, 1.82) is 0 Å². The summed E-state index contributed by atoms with van der Waals surface area (Å²) >= 11 is 0. The Hall–Kier alpha value is -2.51. The number of fused-ring (bicyclic) bond motifs is 1. The molecule has 0 aliphatic heterocycles. The van der Waals surface area contributed by atoms with E-state index < -0.39 is 16.9 Å². The molecule has 1 aromatic heterocycles. The summed E-state index contributed by atoms with van der Waals surface area (Å²) in [5.74, 6) is -0.961. The summed E-state index contributed by atoms with van der Waals surface area (Å²) < 4.78 is 1.39. The highest BCUT2D eigenvalue weighted by atomic mass is 16.6. The van der Waals surface area contributed by atoms with Gasteiger partial charge in [0.05, 0.1) is 22.9 Å². The van der Waals surface area contributed by atoms with Crippen molar-refractivity contribution in [2.24, 2.45) is 0 Å². The fourth-order valence-corrected chi connectivity index (χ4v) is 1.70. The van der Waals surface area contributed by atoms with Crippen LogP contribution >= 0.6 is 0 Å². The highest BCUT2D eigenvalue weighted by Gasteiger charge is 2.16. The maximum absolute atomic E-state index is 10.7. The van der Waals surface area contributed by atoms with E-state index in [0.717, 1.165) is 0 Å². The number of aromatic nitrogens is 3. The third-order valence-electron chi connectivity index (χ3n) is 2.55. The van der Waals surface area contributed by atoms with E-state index in [-0.39, 0.29) is 12.1 Å². The van der Waals surface area contributed by atoms with Gasteiger partial charge in [-0.2, -0.15) is 0 Å². The molecule has 1 N–H and O–H groups in total. The molecule has 8 nitrogen and oxygen atoms in total. The van der Waals surface area contributed by atoms with Crippen LogP contribution in [0, 0.1) is 10.1 Å². The summed E-state index contributed by atoms with van der Waals surface area (Å²) in [4.78, 5) is 20.8. The van der Waals surface area contributed by atoms with E-state index in [2.05, 4.69) is 10.3 Å². The van der Waals surface area contributed by atoms with Crippen molar-refractivity contribution in [3.05, 3.63) is 28.3 Å². The van der Waals surface area contributed by atoms with Gasteiger partial charge in [-0.1, -0.05) is 5.21 Å². The van der Waals surface area contributed by atoms with Gasteiger partial charge in [0.15, 0.2) is 0 Å². The zero-order chi connectivity index (χ0) is 13.3. The third-order valence-corrected chi connectivity index (χ3v) is 2.55. The van der Waals surface area contributed by atoms with E-state index in [1.807, 2.05) is 0 Å². The van der Waals surface area contributed by atoms with Gasteiger partial charge < -0.3 is 5.11 Å².